The molecule has 29 heavy (non-hydrogen) atoms. The number of allylic oxidation sites excluding steroid dienone is 1. The molecule has 4 aliphatic carbocycles. The Morgan fingerprint density at radius 2 is 1.93 bits per heavy atom. The molecule has 5 nitrogen and oxygen atoms in total. The van der Waals surface area contributed by atoms with E-state index in [1.807, 2.05) is 0 Å². The van der Waals surface area contributed by atoms with E-state index in [1.54, 1.807) is 5.57 Å². The lowest BCUT2D eigenvalue weighted by Gasteiger charge is -2.49. The molecule has 1 aliphatic heterocycles. The molecule has 0 spiro atoms. The van der Waals surface area contributed by atoms with Gasteiger partial charge in [0.05, 0.1) is 0 Å². The highest BCUT2D eigenvalue weighted by molar-refractivity contribution is 5.67. The summed E-state index contributed by atoms with van der Waals surface area (Å²) in [5.74, 6) is 4.77. The molecule has 1 saturated heterocycles. The summed E-state index contributed by atoms with van der Waals surface area (Å²) in [4.78, 5) is 14.7. The number of carbonyl (C=O) groups is 1. The topological polar surface area (TPSA) is 53.6 Å². The molecule has 0 bridgehead atoms. The summed E-state index contributed by atoms with van der Waals surface area (Å²) in [6.07, 6.45) is 14.4. The van der Waals surface area contributed by atoms with Gasteiger partial charge in [-0.3, -0.25) is 4.90 Å². The lowest BCUT2D eigenvalue weighted by Crippen LogP contribution is -2.46. The summed E-state index contributed by atoms with van der Waals surface area (Å²) in [7, 11) is 0. The monoisotopic (exact) mass is 401 g/mol. The normalized spacial score (nSPS) is 39.7. The molecule has 6 atom stereocenters. The molecule has 5 rings (SSSR count). The van der Waals surface area contributed by atoms with Gasteiger partial charge in [0, 0.05) is 39.3 Å². The fourth-order valence-electron chi connectivity index (χ4n) is 7.44. The lowest BCUT2D eigenvalue weighted by atomic mass is 9.56. The molecule has 1 amide bonds. The van der Waals surface area contributed by atoms with Gasteiger partial charge >= 0.3 is 6.09 Å². The zero-order valence-corrected chi connectivity index (χ0v) is 17.9. The largest absolute Gasteiger partial charge is 0.442 e. The molecule has 6 unspecified atom stereocenters. The molecular formula is C24H39N3O2. The number of hydrogen-bond donors (Lipinski definition) is 2. The van der Waals surface area contributed by atoms with Gasteiger partial charge in [-0.2, -0.15) is 0 Å². The number of carbonyl (C=O) groups excluding carboxylic acids is 1. The van der Waals surface area contributed by atoms with Gasteiger partial charge in [-0.15, -0.1) is 0 Å². The molecule has 5 aliphatic rings. The maximum Gasteiger partial charge on any atom is 0.407 e. The zero-order valence-electron chi connectivity index (χ0n) is 17.9. The van der Waals surface area contributed by atoms with E-state index in [0.29, 0.717) is 6.54 Å². The Labute approximate surface area is 176 Å². The first-order valence-electron chi connectivity index (χ1n) is 12.4. The van der Waals surface area contributed by atoms with Crippen molar-refractivity contribution in [3.8, 4) is 0 Å². The van der Waals surface area contributed by atoms with E-state index in [9.17, 15) is 4.79 Å². The Morgan fingerprint density at radius 3 is 2.83 bits per heavy atom. The van der Waals surface area contributed by atoms with Crippen molar-refractivity contribution in [2.75, 3.05) is 39.3 Å². The fraction of sp³-hybridized carbons (Fsp3) is 0.875. The second-order valence-electron chi connectivity index (χ2n) is 10.2. The Balaban J connectivity index is 1.11. The van der Waals surface area contributed by atoms with E-state index < -0.39 is 0 Å². The third-order valence-electron chi connectivity index (χ3n) is 8.78. The minimum Gasteiger partial charge on any atom is -0.442 e. The maximum absolute atomic E-state index is 12.3. The molecule has 0 aromatic rings. The number of piperazine rings is 1. The zero-order chi connectivity index (χ0) is 19.6. The van der Waals surface area contributed by atoms with Crippen LogP contribution in [0.15, 0.2) is 11.6 Å². The van der Waals surface area contributed by atoms with Crippen molar-refractivity contribution in [3.63, 3.8) is 0 Å². The standard InChI is InChI=1S/C24H39N3O2/c28-24(26-12-15-27-13-10-25-11-14-27)29-19-6-9-21-18(16-19)5-8-22-20-3-1-2-17(20)4-7-23(21)22/h16-17,19-23,25H,1-15H2,(H,26,28). The Kier molecular flexibility index (Phi) is 6.14. The molecule has 5 heteroatoms. The Bertz CT molecular complexity index is 615. The summed E-state index contributed by atoms with van der Waals surface area (Å²) in [6, 6.07) is 0. The lowest BCUT2D eigenvalue weighted by molar-refractivity contribution is 0.0376. The number of amides is 1. The Hall–Kier alpha value is -1.07. The van der Waals surface area contributed by atoms with Crippen molar-refractivity contribution in [1.29, 1.82) is 0 Å². The molecule has 0 aromatic carbocycles. The van der Waals surface area contributed by atoms with Gasteiger partial charge < -0.3 is 15.4 Å². The maximum atomic E-state index is 12.3. The number of alkyl carbamates (subject to hydrolysis) is 1. The first-order valence-corrected chi connectivity index (χ1v) is 12.4. The van der Waals surface area contributed by atoms with Crippen LogP contribution in [0.25, 0.3) is 0 Å². The second-order valence-corrected chi connectivity index (χ2v) is 10.2. The minimum absolute atomic E-state index is 0.0141. The number of ether oxygens (including phenoxy) is 1. The summed E-state index contributed by atoms with van der Waals surface area (Å²) >= 11 is 0. The number of hydrogen-bond acceptors (Lipinski definition) is 4. The number of rotatable bonds is 4. The van der Waals surface area contributed by atoms with Crippen molar-refractivity contribution in [1.82, 2.24) is 15.5 Å². The van der Waals surface area contributed by atoms with Crippen LogP contribution in [0.1, 0.15) is 57.8 Å². The average Bonchev–Trinajstić information content (AvgIpc) is 3.23. The van der Waals surface area contributed by atoms with Crippen LogP contribution in [0.4, 0.5) is 4.79 Å². The molecule has 4 fully saturated rings. The molecule has 3 saturated carbocycles. The van der Waals surface area contributed by atoms with Crippen molar-refractivity contribution in [3.05, 3.63) is 11.6 Å². The van der Waals surface area contributed by atoms with Gasteiger partial charge in [0.25, 0.3) is 0 Å². The van der Waals surface area contributed by atoms with Crippen molar-refractivity contribution in [2.45, 2.75) is 63.9 Å². The molecule has 162 valence electrons. The molecule has 2 N–H and O–H groups in total. The molecule has 0 radical (unpaired) electrons. The van der Waals surface area contributed by atoms with Gasteiger partial charge in [0.2, 0.25) is 0 Å². The van der Waals surface area contributed by atoms with E-state index >= 15 is 0 Å². The van der Waals surface area contributed by atoms with E-state index in [2.05, 4.69) is 21.6 Å². The SMILES string of the molecule is O=C(NCCN1CCNCC1)OC1C=C2CCC3C4CCCC4CCC3C2CC1. The van der Waals surface area contributed by atoms with Gasteiger partial charge in [-0.25, -0.2) is 4.79 Å². The highest BCUT2D eigenvalue weighted by atomic mass is 16.6. The highest BCUT2D eigenvalue weighted by Crippen LogP contribution is 2.56. The fourth-order valence-corrected chi connectivity index (χ4v) is 7.44. The predicted molar refractivity (Wildman–Crippen MR) is 115 cm³/mol. The van der Waals surface area contributed by atoms with Crippen LogP contribution in [0.2, 0.25) is 0 Å². The predicted octanol–water partition coefficient (Wildman–Crippen LogP) is 3.56. The Morgan fingerprint density at radius 1 is 1.03 bits per heavy atom. The van der Waals surface area contributed by atoms with Crippen LogP contribution in [0.5, 0.6) is 0 Å². The smallest absolute Gasteiger partial charge is 0.407 e. The summed E-state index contributed by atoms with van der Waals surface area (Å²) < 4.78 is 5.78. The van der Waals surface area contributed by atoms with Crippen LogP contribution in [0.3, 0.4) is 0 Å². The van der Waals surface area contributed by atoms with Gasteiger partial charge in [-0.1, -0.05) is 18.4 Å². The van der Waals surface area contributed by atoms with E-state index in [1.165, 1.54) is 51.4 Å². The minimum atomic E-state index is -0.236. The molecule has 0 aromatic heterocycles. The second kappa shape index (κ2) is 8.97. The summed E-state index contributed by atoms with van der Waals surface area (Å²) in [5, 5.41) is 6.33. The average molecular weight is 402 g/mol. The van der Waals surface area contributed by atoms with Gasteiger partial charge in [-0.05, 0) is 80.6 Å². The summed E-state index contributed by atoms with van der Waals surface area (Å²) in [6.45, 7) is 5.81. The first kappa shape index (κ1) is 19.9. The van der Waals surface area contributed by atoms with Crippen molar-refractivity contribution >= 4 is 6.09 Å². The van der Waals surface area contributed by atoms with E-state index in [4.69, 9.17) is 4.74 Å². The highest BCUT2D eigenvalue weighted by Gasteiger charge is 2.47. The quantitative estimate of drug-likeness (QED) is 0.707. The van der Waals surface area contributed by atoms with E-state index in [-0.39, 0.29) is 12.2 Å². The number of nitrogens with zero attached hydrogens (tertiary/aromatic N) is 1. The third kappa shape index (κ3) is 4.36. The van der Waals surface area contributed by atoms with Gasteiger partial charge in [0.1, 0.15) is 6.10 Å². The van der Waals surface area contributed by atoms with Gasteiger partial charge in [0.15, 0.2) is 0 Å². The van der Waals surface area contributed by atoms with Crippen LogP contribution >= 0.6 is 0 Å². The van der Waals surface area contributed by atoms with Crippen LogP contribution in [-0.4, -0.2) is 56.4 Å². The van der Waals surface area contributed by atoms with Crippen LogP contribution in [0, 0.1) is 29.6 Å². The molecular weight excluding hydrogens is 362 g/mol. The van der Waals surface area contributed by atoms with Crippen LogP contribution in [-0.2, 0) is 4.74 Å². The third-order valence-corrected chi connectivity index (χ3v) is 8.78. The van der Waals surface area contributed by atoms with Crippen molar-refractivity contribution in [2.24, 2.45) is 29.6 Å². The summed E-state index contributed by atoms with van der Waals surface area (Å²) in [5.41, 5.74) is 1.62. The van der Waals surface area contributed by atoms with Crippen molar-refractivity contribution < 1.29 is 9.53 Å². The molecule has 1 heterocycles. The van der Waals surface area contributed by atoms with E-state index in [0.717, 1.165) is 68.7 Å². The number of fused-ring (bicyclic) bond motifs is 5. The first-order chi connectivity index (χ1) is 14.3. The number of nitrogens with one attached hydrogen (secondary N) is 2. The van der Waals surface area contributed by atoms with Crippen LogP contribution < -0.4 is 10.6 Å².